The second-order valence-electron chi connectivity index (χ2n) is 6.84. The van der Waals surface area contributed by atoms with Crippen LogP contribution in [0, 0.1) is 0 Å². The van der Waals surface area contributed by atoms with Gasteiger partial charge in [0.05, 0.1) is 0 Å². The highest BCUT2D eigenvalue weighted by molar-refractivity contribution is 6.10. The van der Waals surface area contributed by atoms with Crippen LogP contribution in [0.2, 0.25) is 0 Å². The van der Waals surface area contributed by atoms with Crippen LogP contribution in [0.15, 0.2) is 97.2 Å². The van der Waals surface area contributed by atoms with Crippen molar-refractivity contribution >= 4 is 38.2 Å². The molecule has 0 N–H and O–H groups in total. The third-order valence-corrected chi connectivity index (χ3v) is 5.17. The molecule has 0 aliphatic rings. The summed E-state index contributed by atoms with van der Waals surface area (Å²) in [4.78, 5) is 13.0. The van der Waals surface area contributed by atoms with Crippen molar-refractivity contribution < 1.29 is 9.36 Å². The van der Waals surface area contributed by atoms with Crippen molar-refractivity contribution in [1.29, 1.82) is 0 Å². The van der Waals surface area contributed by atoms with Gasteiger partial charge >= 0.3 is 0 Å². The monoisotopic (exact) mass is 348 g/mol. The molecule has 0 fully saturated rings. The SMILES string of the molecule is O=C(C[n+]1cccc2ccccc21)c1ccc2ccc3ccccc3c2c1. The smallest absolute Gasteiger partial charge is 0.227 e. The first-order valence-corrected chi connectivity index (χ1v) is 9.11. The minimum Gasteiger partial charge on any atom is -0.287 e. The Kier molecular flexibility index (Phi) is 3.68. The lowest BCUT2D eigenvalue weighted by Crippen LogP contribution is -2.38. The van der Waals surface area contributed by atoms with Gasteiger partial charge in [-0.3, -0.25) is 4.79 Å². The van der Waals surface area contributed by atoms with E-state index < -0.39 is 0 Å². The Morgan fingerprint density at radius 3 is 2.22 bits per heavy atom. The van der Waals surface area contributed by atoms with Crippen LogP contribution in [0.25, 0.3) is 32.4 Å². The Morgan fingerprint density at radius 1 is 0.667 bits per heavy atom. The Morgan fingerprint density at radius 2 is 1.33 bits per heavy atom. The molecule has 0 unspecified atom stereocenters. The zero-order valence-corrected chi connectivity index (χ0v) is 14.8. The maximum absolute atomic E-state index is 13.0. The number of carbonyl (C=O) groups excluding carboxylic acids is 1. The summed E-state index contributed by atoms with van der Waals surface area (Å²) in [6, 6.07) is 30.8. The van der Waals surface area contributed by atoms with Crippen molar-refractivity contribution in [3.05, 3.63) is 103 Å². The lowest BCUT2D eigenvalue weighted by atomic mass is 9.98. The number of pyridine rings is 1. The summed E-state index contributed by atoms with van der Waals surface area (Å²) in [6.45, 7) is 0.331. The molecule has 27 heavy (non-hydrogen) atoms. The molecule has 1 heterocycles. The molecule has 0 radical (unpaired) electrons. The van der Waals surface area contributed by atoms with E-state index in [1.807, 2.05) is 59.3 Å². The predicted octanol–water partition coefficient (Wildman–Crippen LogP) is 5.32. The van der Waals surface area contributed by atoms with Gasteiger partial charge in [0.25, 0.3) is 0 Å². The number of Topliss-reactive ketones (excluding diaryl/α,β-unsaturated/α-hetero) is 1. The number of ketones is 1. The molecule has 1 aromatic heterocycles. The van der Waals surface area contributed by atoms with Crippen molar-refractivity contribution in [3.8, 4) is 0 Å². The van der Waals surface area contributed by atoms with E-state index in [0.717, 1.165) is 27.2 Å². The van der Waals surface area contributed by atoms with E-state index in [4.69, 9.17) is 0 Å². The number of fused-ring (bicyclic) bond motifs is 4. The number of para-hydroxylation sites is 1. The number of aromatic nitrogens is 1. The maximum Gasteiger partial charge on any atom is 0.227 e. The van der Waals surface area contributed by atoms with E-state index >= 15 is 0 Å². The van der Waals surface area contributed by atoms with Crippen molar-refractivity contribution in [1.82, 2.24) is 0 Å². The van der Waals surface area contributed by atoms with Crippen LogP contribution in [0.3, 0.4) is 0 Å². The standard InChI is InChI=1S/C25H18NO/c27-25(17-26-15-5-8-20-7-2-4-10-24(20)26)21-14-13-19-12-11-18-6-1-3-9-22(18)23(19)16-21/h1-16H,17H2/q+1. The van der Waals surface area contributed by atoms with E-state index in [-0.39, 0.29) is 5.78 Å². The fourth-order valence-corrected chi connectivity index (χ4v) is 3.78. The van der Waals surface area contributed by atoms with Crippen molar-refractivity contribution in [2.45, 2.75) is 6.54 Å². The van der Waals surface area contributed by atoms with Crippen LogP contribution in [0.4, 0.5) is 0 Å². The van der Waals surface area contributed by atoms with Gasteiger partial charge in [-0.1, -0.05) is 60.7 Å². The van der Waals surface area contributed by atoms with Gasteiger partial charge < -0.3 is 0 Å². The first-order valence-electron chi connectivity index (χ1n) is 9.11. The summed E-state index contributed by atoms with van der Waals surface area (Å²) in [5, 5.41) is 5.79. The van der Waals surface area contributed by atoms with Gasteiger partial charge in [0, 0.05) is 23.1 Å². The van der Waals surface area contributed by atoms with E-state index in [2.05, 4.69) is 42.5 Å². The van der Waals surface area contributed by atoms with E-state index in [1.54, 1.807) is 0 Å². The molecule has 0 spiro atoms. The summed E-state index contributed by atoms with van der Waals surface area (Å²) in [6.07, 6.45) is 1.97. The zero-order valence-electron chi connectivity index (χ0n) is 14.8. The second-order valence-corrected chi connectivity index (χ2v) is 6.84. The summed E-state index contributed by atoms with van der Waals surface area (Å²) in [7, 11) is 0. The second kappa shape index (κ2) is 6.33. The summed E-state index contributed by atoms with van der Waals surface area (Å²) >= 11 is 0. The van der Waals surface area contributed by atoms with Crippen LogP contribution < -0.4 is 4.57 Å². The molecular weight excluding hydrogens is 330 g/mol. The quantitative estimate of drug-likeness (QED) is 0.246. The third kappa shape index (κ3) is 2.76. The Hall–Kier alpha value is -3.52. The number of carbonyl (C=O) groups is 1. The van der Waals surface area contributed by atoms with Crippen LogP contribution in [0.1, 0.15) is 10.4 Å². The number of rotatable bonds is 3. The molecule has 2 heteroatoms. The number of hydrogen-bond donors (Lipinski definition) is 0. The van der Waals surface area contributed by atoms with Gasteiger partial charge in [-0.05, 0) is 39.7 Å². The van der Waals surface area contributed by atoms with Crippen LogP contribution in [-0.4, -0.2) is 5.78 Å². The van der Waals surface area contributed by atoms with Gasteiger partial charge in [0.15, 0.2) is 6.20 Å². The summed E-state index contributed by atoms with van der Waals surface area (Å²) < 4.78 is 2.02. The van der Waals surface area contributed by atoms with Gasteiger partial charge in [0.2, 0.25) is 17.8 Å². The maximum atomic E-state index is 13.0. The topological polar surface area (TPSA) is 20.9 Å². The molecule has 2 nitrogen and oxygen atoms in total. The molecule has 128 valence electrons. The van der Waals surface area contributed by atoms with E-state index in [0.29, 0.717) is 6.54 Å². The molecule has 0 amide bonds. The minimum atomic E-state index is 0.117. The molecule has 5 rings (SSSR count). The average Bonchev–Trinajstić information content (AvgIpc) is 2.73. The van der Waals surface area contributed by atoms with Crippen molar-refractivity contribution in [2.75, 3.05) is 0 Å². The first kappa shape index (κ1) is 15.7. The largest absolute Gasteiger partial charge is 0.287 e. The van der Waals surface area contributed by atoms with Gasteiger partial charge in [-0.15, -0.1) is 0 Å². The lowest BCUT2D eigenvalue weighted by molar-refractivity contribution is -0.657. The normalized spacial score (nSPS) is 11.3. The van der Waals surface area contributed by atoms with E-state index in [9.17, 15) is 4.79 Å². The summed E-state index contributed by atoms with van der Waals surface area (Å²) in [5.74, 6) is 0.117. The van der Waals surface area contributed by atoms with Gasteiger partial charge in [-0.25, -0.2) is 0 Å². The molecule has 0 saturated heterocycles. The van der Waals surface area contributed by atoms with E-state index in [1.165, 1.54) is 10.8 Å². The van der Waals surface area contributed by atoms with Crippen LogP contribution in [-0.2, 0) is 6.54 Å². The van der Waals surface area contributed by atoms with Gasteiger partial charge in [-0.2, -0.15) is 4.57 Å². The van der Waals surface area contributed by atoms with Gasteiger partial charge in [0.1, 0.15) is 0 Å². The molecule has 0 aliphatic heterocycles. The highest BCUT2D eigenvalue weighted by Crippen LogP contribution is 2.26. The Balaban J connectivity index is 1.58. The molecule has 0 atom stereocenters. The minimum absolute atomic E-state index is 0.117. The third-order valence-electron chi connectivity index (χ3n) is 5.17. The Bertz CT molecular complexity index is 1310. The fraction of sp³-hybridized carbons (Fsp3) is 0.0400. The number of hydrogen-bond acceptors (Lipinski definition) is 1. The first-order chi connectivity index (χ1) is 13.3. The summed E-state index contributed by atoms with van der Waals surface area (Å²) in [5.41, 5.74) is 1.82. The van der Waals surface area contributed by atoms with Crippen LogP contribution >= 0.6 is 0 Å². The highest BCUT2D eigenvalue weighted by Gasteiger charge is 2.16. The highest BCUT2D eigenvalue weighted by atomic mass is 16.1. The molecule has 0 aliphatic carbocycles. The molecular formula is C25H18NO+. The number of benzene rings is 4. The fourth-order valence-electron chi connectivity index (χ4n) is 3.78. The van der Waals surface area contributed by atoms with Crippen molar-refractivity contribution in [3.63, 3.8) is 0 Å². The van der Waals surface area contributed by atoms with Crippen LogP contribution in [0.5, 0.6) is 0 Å². The molecule has 5 aromatic rings. The molecule has 0 saturated carbocycles. The molecule has 0 bridgehead atoms. The van der Waals surface area contributed by atoms with Crippen molar-refractivity contribution in [2.24, 2.45) is 0 Å². The Labute approximate surface area is 157 Å². The average molecular weight is 348 g/mol. The predicted molar refractivity (Wildman–Crippen MR) is 110 cm³/mol. The number of nitrogens with zero attached hydrogens (tertiary/aromatic N) is 1. The molecule has 4 aromatic carbocycles. The zero-order chi connectivity index (χ0) is 18.2. The lowest BCUT2D eigenvalue weighted by Gasteiger charge is -2.06.